The van der Waals surface area contributed by atoms with Crippen LogP contribution in [0, 0.1) is 11.8 Å². The maximum absolute atomic E-state index is 12.9. The molecule has 1 atom stereocenters. The summed E-state index contributed by atoms with van der Waals surface area (Å²) in [6.45, 7) is 5.27. The summed E-state index contributed by atoms with van der Waals surface area (Å²) in [6, 6.07) is 6.24. The summed E-state index contributed by atoms with van der Waals surface area (Å²) in [7, 11) is -2.48. The van der Waals surface area contributed by atoms with Crippen LogP contribution in [0.2, 0.25) is 0 Å². The minimum atomic E-state index is -2.48. The Hall–Kier alpha value is -2.30. The largest absolute Gasteiger partial charge is 0.443 e. The Kier molecular flexibility index (Phi) is 7.05. The molecule has 0 spiro atoms. The Morgan fingerprint density at radius 2 is 2.04 bits per heavy atom. The number of benzene rings is 1. The van der Waals surface area contributed by atoms with E-state index in [1.54, 1.807) is 57.2 Å². The Morgan fingerprint density at radius 1 is 1.30 bits per heavy atom. The molecule has 27 heavy (non-hydrogen) atoms. The summed E-state index contributed by atoms with van der Waals surface area (Å²) >= 11 is 3.25. The molecule has 0 aliphatic heterocycles. The fourth-order valence-electron chi connectivity index (χ4n) is 2.44. The van der Waals surface area contributed by atoms with Gasteiger partial charge in [0.25, 0.3) is 0 Å². The Morgan fingerprint density at radius 3 is 2.67 bits per heavy atom. The number of nitrogens with zero attached hydrogens (tertiary/aromatic N) is 1. The summed E-state index contributed by atoms with van der Waals surface area (Å²) in [6.07, 6.45) is 5.80. The van der Waals surface area contributed by atoms with Crippen molar-refractivity contribution < 1.29 is 17.9 Å². The third-order valence-electron chi connectivity index (χ3n) is 3.44. The summed E-state index contributed by atoms with van der Waals surface area (Å²) in [5.41, 5.74) is 0.479. The molecule has 0 heterocycles. The van der Waals surface area contributed by atoms with Crippen molar-refractivity contribution in [2.75, 3.05) is 10.2 Å². The van der Waals surface area contributed by atoms with E-state index in [1.807, 2.05) is 6.07 Å². The van der Waals surface area contributed by atoms with E-state index in [0.29, 0.717) is 16.6 Å². The highest BCUT2D eigenvalue weighted by molar-refractivity contribution is 9.09. The zero-order chi connectivity index (χ0) is 20.0. The first-order valence-corrected chi connectivity index (χ1v) is 10.4. The number of hydrogen-bond acceptors (Lipinski definition) is 4. The molecule has 1 aliphatic rings. The van der Waals surface area contributed by atoms with Crippen molar-refractivity contribution in [3.05, 3.63) is 54.1 Å². The molecule has 0 N–H and O–H groups in total. The van der Waals surface area contributed by atoms with Crippen molar-refractivity contribution in [3.8, 4) is 11.8 Å². The zero-order valence-electron chi connectivity index (χ0n) is 15.3. The van der Waals surface area contributed by atoms with Crippen LogP contribution >= 0.6 is 15.9 Å². The maximum Gasteiger partial charge on any atom is 0.415 e. The molecule has 7 heteroatoms. The highest BCUT2D eigenvalue weighted by Crippen LogP contribution is 2.24. The van der Waals surface area contributed by atoms with E-state index in [1.165, 1.54) is 11.0 Å². The molecule has 0 bridgehead atoms. The molecule has 0 fully saturated rings. The topological polar surface area (TPSA) is 63.7 Å². The fraction of sp³-hybridized carbons (Fsp3) is 0.300. The molecule has 0 radical (unpaired) electrons. The number of hydrogen-bond donors (Lipinski definition) is 0. The summed E-state index contributed by atoms with van der Waals surface area (Å²) in [4.78, 5) is 14.4. The second-order valence-corrected chi connectivity index (χ2v) is 8.16. The van der Waals surface area contributed by atoms with Crippen LogP contribution in [0.1, 0.15) is 26.3 Å². The summed E-state index contributed by atoms with van der Waals surface area (Å²) in [5, 5.41) is 0.524. The molecule has 0 saturated carbocycles. The number of amides is 1. The Labute approximate surface area is 169 Å². The maximum atomic E-state index is 12.9. The van der Waals surface area contributed by atoms with E-state index in [2.05, 4.69) is 27.8 Å². The third kappa shape index (κ3) is 5.84. The number of allylic oxidation sites excluding steroid dienone is 2. The lowest BCUT2D eigenvalue weighted by Gasteiger charge is -2.32. The molecular weight excluding hydrogens is 430 g/mol. The number of anilines is 1. The van der Waals surface area contributed by atoms with E-state index in [9.17, 15) is 13.2 Å². The number of ether oxygens (including phenoxy) is 1. The van der Waals surface area contributed by atoms with Crippen molar-refractivity contribution >= 4 is 42.9 Å². The molecule has 1 aromatic rings. The lowest BCUT2D eigenvalue weighted by Crippen LogP contribution is -2.47. The standard InChI is InChI=1S/C20H20BrNO4S/c1-20(2,3)26-19(23)22(17-11-4-5-12-18(17)27(24)25)16-10-6-8-15(14-16)9-7-13-21/h4-6,8,10-12,14,17H,13H2,1-3H3. The Balaban J connectivity index is 2.57. The SMILES string of the molecule is CC(C)(C)OC(=O)N(c1cccc(C#CCBr)c1)C1C=CC=CC1=S(=O)=O. The molecule has 0 aromatic heterocycles. The molecule has 1 aliphatic carbocycles. The van der Waals surface area contributed by atoms with Crippen molar-refractivity contribution in [2.24, 2.45) is 0 Å². The summed E-state index contributed by atoms with van der Waals surface area (Å²) < 4.78 is 28.9. The van der Waals surface area contributed by atoms with Gasteiger partial charge in [-0.3, -0.25) is 4.90 Å². The van der Waals surface area contributed by atoms with Crippen molar-refractivity contribution in [1.82, 2.24) is 0 Å². The zero-order valence-corrected chi connectivity index (χ0v) is 17.7. The number of rotatable bonds is 2. The van der Waals surface area contributed by atoms with E-state index in [0.717, 1.165) is 0 Å². The highest BCUT2D eigenvalue weighted by Gasteiger charge is 2.32. The van der Waals surface area contributed by atoms with Crippen molar-refractivity contribution in [2.45, 2.75) is 32.4 Å². The van der Waals surface area contributed by atoms with Gasteiger partial charge in [0.15, 0.2) is 0 Å². The first-order chi connectivity index (χ1) is 12.7. The van der Waals surface area contributed by atoms with Crippen molar-refractivity contribution in [3.63, 3.8) is 0 Å². The van der Waals surface area contributed by atoms with Crippen LogP contribution in [-0.2, 0) is 15.0 Å². The predicted octanol–water partition coefficient (Wildman–Crippen LogP) is 3.72. The van der Waals surface area contributed by atoms with Crippen LogP contribution in [0.15, 0.2) is 48.6 Å². The van der Waals surface area contributed by atoms with Crippen LogP contribution in [-0.4, -0.2) is 36.3 Å². The van der Waals surface area contributed by atoms with Crippen molar-refractivity contribution in [1.29, 1.82) is 0 Å². The minimum Gasteiger partial charge on any atom is -0.443 e. The van der Waals surface area contributed by atoms with Gasteiger partial charge in [-0.05, 0) is 45.0 Å². The molecule has 0 saturated heterocycles. The van der Waals surface area contributed by atoms with Gasteiger partial charge in [0.1, 0.15) is 5.60 Å². The molecule has 1 amide bonds. The molecule has 1 unspecified atom stereocenters. The first kappa shape index (κ1) is 21.0. The average Bonchev–Trinajstić information content (AvgIpc) is 2.59. The van der Waals surface area contributed by atoms with E-state index in [4.69, 9.17) is 4.74 Å². The van der Waals surface area contributed by atoms with Gasteiger partial charge in [0, 0.05) is 11.3 Å². The van der Waals surface area contributed by atoms with Gasteiger partial charge in [0.05, 0.1) is 16.2 Å². The minimum absolute atomic E-state index is 0.0836. The predicted molar refractivity (Wildman–Crippen MR) is 112 cm³/mol. The second kappa shape index (κ2) is 9.07. The van der Waals surface area contributed by atoms with Gasteiger partial charge >= 0.3 is 6.09 Å². The van der Waals surface area contributed by atoms with E-state index in [-0.39, 0.29) is 4.86 Å². The summed E-state index contributed by atoms with van der Waals surface area (Å²) in [5.74, 6) is 5.89. The van der Waals surface area contributed by atoms with Crippen LogP contribution in [0.5, 0.6) is 0 Å². The molecular formula is C20H20BrNO4S. The number of carbonyl (C=O) groups is 1. The van der Waals surface area contributed by atoms with Crippen LogP contribution in [0.3, 0.4) is 0 Å². The third-order valence-corrected chi connectivity index (χ3v) is 4.48. The second-order valence-electron chi connectivity index (χ2n) is 6.66. The normalized spacial score (nSPS) is 15.7. The lowest BCUT2D eigenvalue weighted by molar-refractivity contribution is 0.0579. The Bertz CT molecular complexity index is 967. The number of alkyl halides is 1. The number of halogens is 1. The molecule has 1 aromatic carbocycles. The van der Waals surface area contributed by atoms with Gasteiger partial charge in [0.2, 0.25) is 10.3 Å². The first-order valence-electron chi connectivity index (χ1n) is 8.21. The molecule has 142 valence electrons. The lowest BCUT2D eigenvalue weighted by atomic mass is 10.1. The molecule has 2 rings (SSSR count). The highest BCUT2D eigenvalue weighted by atomic mass is 79.9. The number of carbonyl (C=O) groups excluding carboxylic acids is 1. The van der Waals surface area contributed by atoms with E-state index >= 15 is 0 Å². The molecule has 5 nitrogen and oxygen atoms in total. The fourth-order valence-corrected chi connectivity index (χ4v) is 3.15. The van der Waals surface area contributed by atoms with E-state index < -0.39 is 28.0 Å². The monoisotopic (exact) mass is 449 g/mol. The van der Waals surface area contributed by atoms with Crippen LogP contribution in [0.4, 0.5) is 10.5 Å². The quantitative estimate of drug-likeness (QED) is 0.392. The van der Waals surface area contributed by atoms with Gasteiger partial charge in [-0.1, -0.05) is 52.1 Å². The van der Waals surface area contributed by atoms with Gasteiger partial charge < -0.3 is 4.74 Å². The van der Waals surface area contributed by atoms with Gasteiger partial charge in [-0.2, -0.15) is 8.42 Å². The van der Waals surface area contributed by atoms with Gasteiger partial charge in [-0.25, -0.2) is 4.79 Å². The average molecular weight is 450 g/mol. The van der Waals surface area contributed by atoms with Crippen LogP contribution in [0.25, 0.3) is 0 Å². The smallest absolute Gasteiger partial charge is 0.415 e. The van der Waals surface area contributed by atoms with Gasteiger partial charge in [-0.15, -0.1) is 0 Å². The van der Waals surface area contributed by atoms with Crippen LogP contribution < -0.4 is 4.90 Å².